The van der Waals surface area contributed by atoms with E-state index in [2.05, 4.69) is 5.32 Å². The zero-order valence-electron chi connectivity index (χ0n) is 16.2. The van der Waals surface area contributed by atoms with Gasteiger partial charge in [0.1, 0.15) is 0 Å². The number of benzene rings is 2. The molecule has 2 heterocycles. The number of fused-ring (bicyclic) bond motifs is 1. The molecule has 0 saturated heterocycles. The molecule has 0 spiro atoms. The number of halogens is 1. The zero-order valence-corrected chi connectivity index (χ0v) is 16.9. The quantitative estimate of drug-likeness (QED) is 0.543. The number of nitrogens with zero attached hydrogens (tertiary/aromatic N) is 3. The molecular formula is C22H21ClN4O2. The van der Waals surface area contributed by atoms with E-state index >= 15 is 0 Å². The molecule has 0 radical (unpaired) electrons. The number of hydrogen-bond donors (Lipinski definition) is 1. The van der Waals surface area contributed by atoms with Crippen LogP contribution < -0.4 is 11.0 Å². The molecule has 1 N–H and O–H groups in total. The van der Waals surface area contributed by atoms with Gasteiger partial charge in [-0.05, 0) is 48.0 Å². The lowest BCUT2D eigenvalue weighted by Gasteiger charge is -2.19. The van der Waals surface area contributed by atoms with E-state index in [9.17, 15) is 9.59 Å². The highest BCUT2D eigenvalue weighted by atomic mass is 35.5. The third-order valence-electron chi connectivity index (χ3n) is 5.18. The lowest BCUT2D eigenvalue weighted by atomic mass is 10.0. The van der Waals surface area contributed by atoms with Crippen molar-refractivity contribution in [2.45, 2.75) is 12.5 Å². The number of hydrogen-bond acceptors (Lipinski definition) is 2. The largest absolute Gasteiger partial charge is 0.346 e. The molecule has 0 aliphatic carbocycles. The van der Waals surface area contributed by atoms with Gasteiger partial charge in [0, 0.05) is 37.2 Å². The van der Waals surface area contributed by atoms with Crippen LogP contribution in [0.5, 0.6) is 0 Å². The first-order valence-electron chi connectivity index (χ1n) is 9.27. The van der Waals surface area contributed by atoms with Gasteiger partial charge in [0.05, 0.1) is 23.5 Å². The van der Waals surface area contributed by atoms with Crippen molar-refractivity contribution < 1.29 is 4.79 Å². The van der Waals surface area contributed by atoms with Crippen molar-refractivity contribution in [1.29, 1.82) is 0 Å². The Bertz CT molecular complexity index is 1220. The van der Waals surface area contributed by atoms with E-state index in [0.29, 0.717) is 10.7 Å². The molecule has 0 unspecified atom stereocenters. The van der Waals surface area contributed by atoms with Gasteiger partial charge in [-0.3, -0.25) is 13.9 Å². The van der Waals surface area contributed by atoms with Crippen molar-refractivity contribution >= 4 is 34.2 Å². The Morgan fingerprint density at radius 2 is 1.66 bits per heavy atom. The summed E-state index contributed by atoms with van der Waals surface area (Å²) in [6.07, 6.45) is 4.15. The number of anilines is 1. The lowest BCUT2D eigenvalue weighted by molar-refractivity contribution is -0.116. The maximum Gasteiger partial charge on any atom is 0.328 e. The van der Waals surface area contributed by atoms with E-state index in [1.165, 1.54) is 0 Å². The van der Waals surface area contributed by atoms with Gasteiger partial charge in [-0.1, -0.05) is 23.7 Å². The number of imidazole rings is 1. The molecule has 0 fully saturated rings. The fourth-order valence-corrected chi connectivity index (χ4v) is 3.73. The summed E-state index contributed by atoms with van der Waals surface area (Å²) in [6.45, 7) is 0. The van der Waals surface area contributed by atoms with Crippen LogP contribution in [0, 0.1) is 0 Å². The van der Waals surface area contributed by atoms with Crippen molar-refractivity contribution in [2.75, 3.05) is 5.32 Å². The molecule has 0 bridgehead atoms. The van der Waals surface area contributed by atoms with Crippen LogP contribution >= 0.6 is 11.6 Å². The average molecular weight is 409 g/mol. The monoisotopic (exact) mass is 408 g/mol. The summed E-state index contributed by atoms with van der Waals surface area (Å²) in [5.74, 6) is -0.112. The highest BCUT2D eigenvalue weighted by molar-refractivity contribution is 6.30. The lowest BCUT2D eigenvalue weighted by Crippen LogP contribution is -2.19. The van der Waals surface area contributed by atoms with Gasteiger partial charge >= 0.3 is 5.69 Å². The molecule has 0 saturated carbocycles. The minimum atomic E-state index is -0.146. The van der Waals surface area contributed by atoms with E-state index < -0.39 is 0 Å². The number of aryl methyl sites for hydroxylation is 2. The van der Waals surface area contributed by atoms with Crippen molar-refractivity contribution in [3.8, 4) is 0 Å². The van der Waals surface area contributed by atoms with Crippen molar-refractivity contribution in [2.24, 2.45) is 14.1 Å². The standard InChI is InChI=1S/C22H21ClN4O2/c1-25-18-10-9-17(13-20(18)26(2)22(25)29)24-21(28)14-19(27-11-3-4-12-27)15-5-7-16(23)8-6-15/h3-13,19H,14H2,1-2H3,(H,24,28)/t19-/m1/s1. The van der Waals surface area contributed by atoms with Crippen LogP contribution in [0.3, 0.4) is 0 Å². The summed E-state index contributed by atoms with van der Waals surface area (Å²) in [5.41, 5.74) is 3.16. The van der Waals surface area contributed by atoms with Crippen molar-refractivity contribution in [3.63, 3.8) is 0 Å². The first-order chi connectivity index (χ1) is 13.9. The van der Waals surface area contributed by atoms with Crippen molar-refractivity contribution in [3.05, 3.63) is 88.1 Å². The van der Waals surface area contributed by atoms with Crippen molar-refractivity contribution in [1.82, 2.24) is 13.7 Å². The highest BCUT2D eigenvalue weighted by Crippen LogP contribution is 2.25. The second-order valence-corrected chi connectivity index (χ2v) is 7.49. The Morgan fingerprint density at radius 1 is 1.00 bits per heavy atom. The minimum absolute atomic E-state index is 0.0983. The summed E-state index contributed by atoms with van der Waals surface area (Å²) in [5, 5.41) is 3.62. The normalized spacial score (nSPS) is 12.2. The van der Waals surface area contributed by atoms with Crippen LogP contribution in [-0.2, 0) is 18.9 Å². The van der Waals surface area contributed by atoms with Crippen LogP contribution in [-0.4, -0.2) is 19.6 Å². The number of rotatable bonds is 5. The maximum atomic E-state index is 12.8. The number of carbonyl (C=O) groups excluding carboxylic acids is 1. The van der Waals surface area contributed by atoms with Crippen LogP contribution in [0.2, 0.25) is 5.02 Å². The summed E-state index contributed by atoms with van der Waals surface area (Å²) >= 11 is 6.02. The number of amides is 1. The first kappa shape index (κ1) is 19.1. The summed E-state index contributed by atoms with van der Waals surface area (Å²) in [4.78, 5) is 24.9. The second-order valence-electron chi connectivity index (χ2n) is 7.05. The predicted molar refractivity (Wildman–Crippen MR) is 115 cm³/mol. The molecule has 148 valence electrons. The Labute approximate surface area is 172 Å². The van der Waals surface area contributed by atoms with Gasteiger partial charge in [0.15, 0.2) is 0 Å². The van der Waals surface area contributed by atoms with Crippen LogP contribution in [0.1, 0.15) is 18.0 Å². The Kier molecular flexibility index (Phi) is 5.03. The van der Waals surface area contributed by atoms with Gasteiger partial charge in [-0.2, -0.15) is 0 Å². The molecule has 1 amide bonds. The summed E-state index contributed by atoms with van der Waals surface area (Å²) < 4.78 is 5.16. The molecule has 2 aromatic heterocycles. The molecule has 0 aliphatic heterocycles. The van der Waals surface area contributed by atoms with Gasteiger partial charge in [-0.25, -0.2) is 4.79 Å². The van der Waals surface area contributed by atoms with Gasteiger partial charge in [0.25, 0.3) is 0 Å². The molecule has 1 atom stereocenters. The van der Waals surface area contributed by atoms with E-state index in [4.69, 9.17) is 11.6 Å². The van der Waals surface area contributed by atoms with E-state index in [-0.39, 0.29) is 24.1 Å². The second kappa shape index (κ2) is 7.64. The smallest absolute Gasteiger partial charge is 0.328 e. The van der Waals surface area contributed by atoms with E-state index in [1.54, 1.807) is 23.2 Å². The van der Waals surface area contributed by atoms with Gasteiger partial charge in [-0.15, -0.1) is 0 Å². The zero-order chi connectivity index (χ0) is 20.5. The topological polar surface area (TPSA) is 61.0 Å². The number of carbonyl (C=O) groups is 1. The Morgan fingerprint density at radius 3 is 2.34 bits per heavy atom. The molecule has 7 heteroatoms. The molecular weight excluding hydrogens is 388 g/mol. The minimum Gasteiger partial charge on any atom is -0.346 e. The Balaban J connectivity index is 1.58. The maximum absolute atomic E-state index is 12.8. The SMILES string of the molecule is Cn1c(=O)n(C)c2cc(NC(=O)C[C@H](c3ccc(Cl)cc3)n3cccc3)ccc21. The number of nitrogens with one attached hydrogen (secondary N) is 1. The number of aromatic nitrogens is 3. The van der Waals surface area contributed by atoms with Gasteiger partial charge in [0.2, 0.25) is 5.91 Å². The molecule has 4 aromatic rings. The summed E-state index contributed by atoms with van der Waals surface area (Å²) in [6, 6.07) is 16.7. The van der Waals surface area contributed by atoms with Crippen LogP contribution in [0.15, 0.2) is 71.8 Å². The summed E-state index contributed by atoms with van der Waals surface area (Å²) in [7, 11) is 3.45. The molecule has 2 aromatic carbocycles. The molecule has 29 heavy (non-hydrogen) atoms. The van der Waals surface area contributed by atoms with Crippen LogP contribution in [0.25, 0.3) is 11.0 Å². The van der Waals surface area contributed by atoms with Crippen LogP contribution in [0.4, 0.5) is 5.69 Å². The third-order valence-corrected chi connectivity index (χ3v) is 5.43. The van der Waals surface area contributed by atoms with Gasteiger partial charge < -0.3 is 9.88 Å². The predicted octanol–water partition coefficient (Wildman–Crippen LogP) is 3.95. The fraction of sp³-hybridized carbons (Fsp3) is 0.182. The molecule has 0 aliphatic rings. The molecule has 6 nitrogen and oxygen atoms in total. The van der Waals surface area contributed by atoms with E-state index in [0.717, 1.165) is 16.6 Å². The van der Waals surface area contributed by atoms with E-state index in [1.807, 2.05) is 71.6 Å². The fourth-order valence-electron chi connectivity index (χ4n) is 3.61. The Hall–Kier alpha value is -3.25. The first-order valence-corrected chi connectivity index (χ1v) is 9.65. The highest BCUT2D eigenvalue weighted by Gasteiger charge is 2.18. The third kappa shape index (κ3) is 3.71. The average Bonchev–Trinajstić information content (AvgIpc) is 3.31. The molecule has 4 rings (SSSR count).